The SMILES string of the molecule is COc1ccc(C)cc1C(Cl)c1cc(F)c(F)c(F)c1. The third-order valence-corrected chi connectivity index (χ3v) is 3.44. The van der Waals surface area contributed by atoms with Gasteiger partial charge in [-0.2, -0.15) is 0 Å². The highest BCUT2D eigenvalue weighted by Gasteiger charge is 2.20. The van der Waals surface area contributed by atoms with Crippen molar-refractivity contribution in [3.8, 4) is 5.75 Å². The Bertz CT molecular complexity index is 620. The first kappa shape index (κ1) is 14.7. The Balaban J connectivity index is 2.51. The summed E-state index contributed by atoms with van der Waals surface area (Å²) in [5.41, 5.74) is 1.63. The Morgan fingerprint density at radius 1 is 1.05 bits per heavy atom. The summed E-state index contributed by atoms with van der Waals surface area (Å²) in [6.45, 7) is 1.86. The predicted molar refractivity (Wildman–Crippen MR) is 71.7 cm³/mol. The van der Waals surface area contributed by atoms with Crippen LogP contribution in [0.2, 0.25) is 0 Å². The van der Waals surface area contributed by atoms with Crippen LogP contribution in [0.1, 0.15) is 22.1 Å². The minimum absolute atomic E-state index is 0.131. The lowest BCUT2D eigenvalue weighted by molar-refractivity contribution is 0.409. The molecule has 2 aromatic rings. The first-order valence-corrected chi connectivity index (χ1v) is 6.30. The first-order valence-electron chi connectivity index (χ1n) is 5.87. The topological polar surface area (TPSA) is 9.23 Å². The average molecular weight is 301 g/mol. The van der Waals surface area contributed by atoms with Crippen LogP contribution in [0.3, 0.4) is 0 Å². The van der Waals surface area contributed by atoms with Gasteiger partial charge in [0, 0.05) is 5.56 Å². The van der Waals surface area contributed by atoms with Crippen molar-refractivity contribution in [1.29, 1.82) is 0 Å². The van der Waals surface area contributed by atoms with Crippen molar-refractivity contribution < 1.29 is 17.9 Å². The number of alkyl halides is 1. The monoisotopic (exact) mass is 300 g/mol. The molecule has 0 saturated carbocycles. The fourth-order valence-electron chi connectivity index (χ4n) is 1.95. The maximum Gasteiger partial charge on any atom is 0.194 e. The summed E-state index contributed by atoms with van der Waals surface area (Å²) < 4.78 is 44.7. The van der Waals surface area contributed by atoms with Crippen molar-refractivity contribution in [2.45, 2.75) is 12.3 Å². The van der Waals surface area contributed by atoms with E-state index in [0.717, 1.165) is 17.7 Å². The summed E-state index contributed by atoms with van der Waals surface area (Å²) in [7, 11) is 1.48. The molecule has 0 aliphatic carbocycles. The van der Waals surface area contributed by atoms with Crippen LogP contribution in [-0.2, 0) is 0 Å². The second kappa shape index (κ2) is 5.75. The maximum absolute atomic E-state index is 13.3. The molecule has 0 saturated heterocycles. The van der Waals surface area contributed by atoms with E-state index in [0.29, 0.717) is 11.3 Å². The molecule has 0 aliphatic heterocycles. The van der Waals surface area contributed by atoms with Crippen LogP contribution < -0.4 is 4.74 Å². The Hall–Kier alpha value is -1.68. The maximum atomic E-state index is 13.3. The van der Waals surface area contributed by atoms with Gasteiger partial charge in [0.2, 0.25) is 0 Å². The molecule has 0 heterocycles. The third kappa shape index (κ3) is 2.75. The summed E-state index contributed by atoms with van der Waals surface area (Å²) in [5, 5.41) is -0.838. The van der Waals surface area contributed by atoms with Gasteiger partial charge in [-0.25, -0.2) is 13.2 Å². The number of hydrogen-bond acceptors (Lipinski definition) is 1. The molecule has 0 fully saturated rings. The van der Waals surface area contributed by atoms with E-state index in [1.54, 1.807) is 12.1 Å². The zero-order valence-corrected chi connectivity index (χ0v) is 11.6. The second-order valence-corrected chi connectivity index (χ2v) is 4.84. The average Bonchev–Trinajstić information content (AvgIpc) is 2.43. The Morgan fingerprint density at radius 2 is 1.65 bits per heavy atom. The number of ether oxygens (including phenoxy) is 1. The van der Waals surface area contributed by atoms with Gasteiger partial charge in [-0.3, -0.25) is 0 Å². The van der Waals surface area contributed by atoms with E-state index in [4.69, 9.17) is 16.3 Å². The van der Waals surface area contributed by atoms with E-state index in [2.05, 4.69) is 0 Å². The van der Waals surface area contributed by atoms with Crippen LogP contribution in [0.5, 0.6) is 5.75 Å². The first-order chi connectivity index (χ1) is 9.43. The van der Waals surface area contributed by atoms with Gasteiger partial charge in [-0.05, 0) is 30.7 Å². The molecule has 0 aromatic heterocycles. The van der Waals surface area contributed by atoms with E-state index < -0.39 is 22.8 Å². The molecule has 1 atom stereocenters. The van der Waals surface area contributed by atoms with Crippen molar-refractivity contribution in [2.24, 2.45) is 0 Å². The minimum atomic E-state index is -1.51. The van der Waals surface area contributed by atoms with Crippen LogP contribution in [-0.4, -0.2) is 7.11 Å². The summed E-state index contributed by atoms with van der Waals surface area (Å²) >= 11 is 6.25. The van der Waals surface area contributed by atoms with Crippen LogP contribution >= 0.6 is 11.6 Å². The van der Waals surface area contributed by atoms with Gasteiger partial charge < -0.3 is 4.74 Å². The molecule has 5 heteroatoms. The molecule has 0 radical (unpaired) electrons. The quantitative estimate of drug-likeness (QED) is 0.587. The molecule has 0 aliphatic rings. The zero-order valence-electron chi connectivity index (χ0n) is 10.9. The number of methoxy groups -OCH3 is 1. The lowest BCUT2D eigenvalue weighted by Gasteiger charge is -2.15. The number of rotatable bonds is 3. The normalized spacial score (nSPS) is 12.3. The van der Waals surface area contributed by atoms with Gasteiger partial charge in [-0.15, -0.1) is 11.6 Å². The molecule has 0 N–H and O–H groups in total. The standard InChI is InChI=1S/C15H12ClF3O/c1-8-3-4-13(20-2)10(5-8)14(16)9-6-11(17)15(19)12(18)7-9/h3-7,14H,1-2H3. The molecule has 2 aromatic carbocycles. The van der Waals surface area contributed by atoms with E-state index in [9.17, 15) is 13.2 Å². The Kier molecular flexibility index (Phi) is 4.23. The molecule has 1 unspecified atom stereocenters. The highest BCUT2D eigenvalue weighted by atomic mass is 35.5. The van der Waals surface area contributed by atoms with Crippen molar-refractivity contribution in [3.63, 3.8) is 0 Å². The molecular formula is C15H12ClF3O. The summed E-state index contributed by atoms with van der Waals surface area (Å²) in [6, 6.07) is 7.08. The van der Waals surface area contributed by atoms with Gasteiger partial charge in [0.25, 0.3) is 0 Å². The number of aryl methyl sites for hydroxylation is 1. The Labute approximate surface area is 119 Å². The van der Waals surface area contributed by atoms with Gasteiger partial charge >= 0.3 is 0 Å². The fourth-order valence-corrected chi connectivity index (χ4v) is 2.25. The summed E-state index contributed by atoms with van der Waals surface area (Å²) in [5.74, 6) is -3.54. The van der Waals surface area contributed by atoms with Crippen LogP contribution in [0.25, 0.3) is 0 Å². The fraction of sp³-hybridized carbons (Fsp3) is 0.200. The molecule has 106 valence electrons. The predicted octanol–water partition coefficient (Wildman–Crippen LogP) is 4.75. The Morgan fingerprint density at radius 3 is 2.20 bits per heavy atom. The van der Waals surface area contributed by atoms with Crippen molar-refractivity contribution >= 4 is 11.6 Å². The molecule has 0 amide bonds. The lowest BCUT2D eigenvalue weighted by atomic mass is 10.0. The molecule has 2 rings (SSSR count). The van der Waals surface area contributed by atoms with E-state index in [-0.39, 0.29) is 5.56 Å². The molecule has 20 heavy (non-hydrogen) atoms. The molecular weight excluding hydrogens is 289 g/mol. The van der Waals surface area contributed by atoms with Crippen molar-refractivity contribution in [3.05, 3.63) is 64.5 Å². The molecule has 1 nitrogen and oxygen atoms in total. The molecule has 0 spiro atoms. The third-order valence-electron chi connectivity index (χ3n) is 2.96. The van der Waals surface area contributed by atoms with Gasteiger partial charge in [-0.1, -0.05) is 17.7 Å². The lowest BCUT2D eigenvalue weighted by Crippen LogP contribution is -2.01. The summed E-state index contributed by atoms with van der Waals surface area (Å²) in [6.07, 6.45) is 0. The van der Waals surface area contributed by atoms with Crippen molar-refractivity contribution in [1.82, 2.24) is 0 Å². The van der Waals surface area contributed by atoms with E-state index >= 15 is 0 Å². The van der Waals surface area contributed by atoms with Crippen molar-refractivity contribution in [2.75, 3.05) is 7.11 Å². The van der Waals surface area contributed by atoms with E-state index in [1.165, 1.54) is 7.11 Å². The largest absolute Gasteiger partial charge is 0.496 e. The van der Waals surface area contributed by atoms with Crippen LogP contribution in [0.4, 0.5) is 13.2 Å². The second-order valence-electron chi connectivity index (χ2n) is 4.41. The zero-order chi connectivity index (χ0) is 14.9. The summed E-state index contributed by atoms with van der Waals surface area (Å²) in [4.78, 5) is 0. The number of halogens is 4. The molecule has 0 bridgehead atoms. The highest BCUT2D eigenvalue weighted by Crippen LogP contribution is 2.36. The smallest absolute Gasteiger partial charge is 0.194 e. The van der Waals surface area contributed by atoms with Crippen LogP contribution in [0, 0.1) is 24.4 Å². The minimum Gasteiger partial charge on any atom is -0.496 e. The van der Waals surface area contributed by atoms with Gasteiger partial charge in [0.15, 0.2) is 17.5 Å². The highest BCUT2D eigenvalue weighted by molar-refractivity contribution is 6.22. The number of benzene rings is 2. The van der Waals surface area contributed by atoms with E-state index in [1.807, 2.05) is 13.0 Å². The van der Waals surface area contributed by atoms with Gasteiger partial charge in [0.05, 0.1) is 12.5 Å². The van der Waals surface area contributed by atoms with Gasteiger partial charge in [0.1, 0.15) is 5.75 Å². The number of hydrogen-bond donors (Lipinski definition) is 0. The van der Waals surface area contributed by atoms with Crippen LogP contribution in [0.15, 0.2) is 30.3 Å².